The van der Waals surface area contributed by atoms with Gasteiger partial charge in [-0.1, -0.05) is 345 Å². The number of esters is 3. The van der Waals surface area contributed by atoms with Gasteiger partial charge in [0, 0.05) is 19.3 Å². The van der Waals surface area contributed by atoms with Gasteiger partial charge in [0.2, 0.25) is 0 Å². The van der Waals surface area contributed by atoms with Crippen molar-refractivity contribution in [2.75, 3.05) is 13.2 Å². The highest BCUT2D eigenvalue weighted by atomic mass is 16.6. The summed E-state index contributed by atoms with van der Waals surface area (Å²) in [6, 6.07) is 0. The highest BCUT2D eigenvalue weighted by molar-refractivity contribution is 5.71. The molecule has 0 fully saturated rings. The van der Waals surface area contributed by atoms with Crippen LogP contribution in [0.2, 0.25) is 0 Å². The van der Waals surface area contributed by atoms with Crippen molar-refractivity contribution in [1.29, 1.82) is 0 Å². The van der Waals surface area contributed by atoms with Crippen LogP contribution in [0.25, 0.3) is 0 Å². The van der Waals surface area contributed by atoms with Gasteiger partial charge in [0.15, 0.2) is 6.10 Å². The fourth-order valence-corrected chi connectivity index (χ4v) is 10.4. The van der Waals surface area contributed by atoms with Gasteiger partial charge in [-0.05, 0) is 57.8 Å². The van der Waals surface area contributed by atoms with Crippen LogP contribution in [0.1, 0.15) is 374 Å². The van der Waals surface area contributed by atoms with Gasteiger partial charge < -0.3 is 14.2 Å². The summed E-state index contributed by atoms with van der Waals surface area (Å²) in [6.45, 7) is 6.55. The number of carbonyl (C=O) groups excluding carboxylic acids is 3. The summed E-state index contributed by atoms with van der Waals surface area (Å²) in [7, 11) is 0. The molecule has 456 valence electrons. The lowest BCUT2D eigenvalue weighted by molar-refractivity contribution is -0.167. The molecule has 0 aliphatic carbocycles. The second-order valence-electron chi connectivity index (χ2n) is 23.4. The third-order valence-corrected chi connectivity index (χ3v) is 15.6. The monoisotopic (exact) mass is 1090 g/mol. The predicted octanol–water partition coefficient (Wildman–Crippen LogP) is 23.7. The molecular weight excluding hydrogens is 961 g/mol. The Morgan fingerprint density at radius 1 is 0.269 bits per heavy atom. The highest BCUT2D eigenvalue weighted by Crippen LogP contribution is 2.19. The molecule has 0 aromatic carbocycles. The molecule has 0 saturated carbocycles. The number of unbranched alkanes of at least 4 members (excludes halogenated alkanes) is 45. The number of hydrogen-bond donors (Lipinski definition) is 0. The van der Waals surface area contributed by atoms with Crippen LogP contribution in [-0.4, -0.2) is 37.2 Å². The van der Waals surface area contributed by atoms with Crippen LogP contribution < -0.4 is 0 Å². The Hall–Kier alpha value is -2.63. The first kappa shape index (κ1) is 75.4. The van der Waals surface area contributed by atoms with Crippen molar-refractivity contribution >= 4 is 17.9 Å². The molecule has 0 saturated heterocycles. The first-order valence-corrected chi connectivity index (χ1v) is 34.6. The third kappa shape index (κ3) is 64.2. The van der Waals surface area contributed by atoms with Crippen LogP contribution in [0.3, 0.4) is 0 Å². The Balaban J connectivity index is 4.02. The second kappa shape index (κ2) is 66.9. The lowest BCUT2D eigenvalue weighted by Crippen LogP contribution is -2.30. The summed E-state index contributed by atoms with van der Waals surface area (Å²) < 4.78 is 16.9. The minimum atomic E-state index is -0.767. The molecule has 6 nitrogen and oxygen atoms in total. The summed E-state index contributed by atoms with van der Waals surface area (Å²) >= 11 is 0. The zero-order chi connectivity index (χ0) is 56.4. The van der Waals surface area contributed by atoms with E-state index in [4.69, 9.17) is 14.2 Å². The fourth-order valence-electron chi connectivity index (χ4n) is 10.4. The second-order valence-corrected chi connectivity index (χ2v) is 23.4. The van der Waals surface area contributed by atoms with Crippen molar-refractivity contribution in [2.45, 2.75) is 380 Å². The van der Waals surface area contributed by atoms with E-state index in [-0.39, 0.29) is 31.1 Å². The van der Waals surface area contributed by atoms with Gasteiger partial charge in [0.25, 0.3) is 0 Å². The normalized spacial score (nSPS) is 12.3. The maximum Gasteiger partial charge on any atom is 0.306 e. The van der Waals surface area contributed by atoms with E-state index in [1.165, 1.54) is 250 Å². The zero-order valence-corrected chi connectivity index (χ0v) is 52.5. The SMILES string of the molecule is CC/C=C\C/C=C\C/C=C\C/C=C\CCCCCCCCCCCCCCCCCCC(=O)OCC(COC(=O)CCCCCCCCC)OC(=O)CCCCCCCCCCCCCCCCCCCCCCCCCC. The van der Waals surface area contributed by atoms with E-state index in [9.17, 15) is 14.4 Å². The Bertz CT molecular complexity index is 1350. The van der Waals surface area contributed by atoms with Crippen molar-refractivity contribution in [2.24, 2.45) is 0 Å². The van der Waals surface area contributed by atoms with Gasteiger partial charge >= 0.3 is 17.9 Å². The maximum absolute atomic E-state index is 12.9. The van der Waals surface area contributed by atoms with Crippen LogP contribution in [0.15, 0.2) is 48.6 Å². The Morgan fingerprint density at radius 3 is 0.782 bits per heavy atom. The number of carbonyl (C=O) groups is 3. The molecule has 0 aromatic heterocycles. The molecular formula is C72H132O6. The number of hydrogen-bond acceptors (Lipinski definition) is 6. The molecule has 0 aliphatic heterocycles. The van der Waals surface area contributed by atoms with Crippen LogP contribution in [0.5, 0.6) is 0 Å². The Morgan fingerprint density at radius 2 is 0.500 bits per heavy atom. The molecule has 0 heterocycles. The van der Waals surface area contributed by atoms with E-state index in [0.29, 0.717) is 19.3 Å². The number of rotatable bonds is 64. The average Bonchev–Trinajstić information content (AvgIpc) is 3.44. The molecule has 0 N–H and O–H groups in total. The highest BCUT2D eigenvalue weighted by Gasteiger charge is 2.19. The summed E-state index contributed by atoms with van der Waals surface area (Å²) in [4.78, 5) is 38.2. The molecule has 0 amide bonds. The smallest absolute Gasteiger partial charge is 0.306 e. The Labute approximate surface area is 486 Å². The molecule has 0 radical (unpaired) electrons. The molecule has 6 heteroatoms. The molecule has 0 rings (SSSR count). The predicted molar refractivity (Wildman–Crippen MR) is 339 cm³/mol. The van der Waals surface area contributed by atoms with E-state index >= 15 is 0 Å². The van der Waals surface area contributed by atoms with E-state index in [2.05, 4.69) is 69.4 Å². The van der Waals surface area contributed by atoms with Crippen LogP contribution in [0.4, 0.5) is 0 Å². The number of allylic oxidation sites excluding steroid dienone is 8. The quantitative estimate of drug-likeness (QED) is 0.0261. The topological polar surface area (TPSA) is 78.9 Å². The summed E-state index contributed by atoms with van der Waals surface area (Å²) in [6.07, 6.45) is 84.6. The molecule has 0 aromatic rings. The summed E-state index contributed by atoms with van der Waals surface area (Å²) in [5, 5.41) is 0. The largest absolute Gasteiger partial charge is 0.462 e. The zero-order valence-electron chi connectivity index (χ0n) is 52.5. The van der Waals surface area contributed by atoms with Gasteiger partial charge in [0.05, 0.1) is 0 Å². The fraction of sp³-hybridized carbons (Fsp3) is 0.847. The minimum Gasteiger partial charge on any atom is -0.462 e. The van der Waals surface area contributed by atoms with E-state index in [1.807, 2.05) is 0 Å². The van der Waals surface area contributed by atoms with Crippen LogP contribution in [-0.2, 0) is 28.6 Å². The van der Waals surface area contributed by atoms with Crippen molar-refractivity contribution in [3.63, 3.8) is 0 Å². The molecule has 0 spiro atoms. The van der Waals surface area contributed by atoms with Crippen molar-refractivity contribution < 1.29 is 28.6 Å². The van der Waals surface area contributed by atoms with E-state index in [1.54, 1.807) is 0 Å². The van der Waals surface area contributed by atoms with Crippen molar-refractivity contribution in [1.82, 2.24) is 0 Å². The maximum atomic E-state index is 12.9. The molecule has 0 aliphatic rings. The van der Waals surface area contributed by atoms with Crippen LogP contribution >= 0.6 is 0 Å². The van der Waals surface area contributed by atoms with Crippen molar-refractivity contribution in [3.8, 4) is 0 Å². The minimum absolute atomic E-state index is 0.0670. The van der Waals surface area contributed by atoms with Crippen LogP contribution in [0, 0.1) is 0 Å². The lowest BCUT2D eigenvalue weighted by Gasteiger charge is -2.18. The van der Waals surface area contributed by atoms with E-state index in [0.717, 1.165) is 83.5 Å². The first-order chi connectivity index (χ1) is 38.5. The third-order valence-electron chi connectivity index (χ3n) is 15.6. The van der Waals surface area contributed by atoms with Gasteiger partial charge in [-0.2, -0.15) is 0 Å². The number of ether oxygens (including phenoxy) is 3. The van der Waals surface area contributed by atoms with Gasteiger partial charge in [-0.3, -0.25) is 14.4 Å². The van der Waals surface area contributed by atoms with E-state index < -0.39 is 6.10 Å². The molecule has 1 atom stereocenters. The standard InChI is InChI=1S/C72H132O6/c1-4-7-10-13-16-18-20-22-24-26-28-30-32-34-35-36-37-38-40-41-43-45-47-49-51-53-56-59-62-65-71(74)77-68-69(67-76-70(73)64-61-58-55-15-12-9-6-3)78-72(75)66-63-60-57-54-52-50-48-46-44-42-39-33-31-29-27-25-23-21-19-17-14-11-8-5-2/h7,10,16,18,22,24,28,30,69H,4-6,8-9,11-15,17,19-21,23,25-27,29,31-68H2,1-3H3/b10-7-,18-16-,24-22-,30-28-. The lowest BCUT2D eigenvalue weighted by atomic mass is 10.0. The first-order valence-electron chi connectivity index (χ1n) is 34.6. The summed E-state index contributed by atoms with van der Waals surface area (Å²) in [5.74, 6) is -0.848. The molecule has 78 heavy (non-hydrogen) atoms. The van der Waals surface area contributed by atoms with Gasteiger partial charge in [0.1, 0.15) is 13.2 Å². The van der Waals surface area contributed by atoms with Gasteiger partial charge in [-0.25, -0.2) is 0 Å². The Kier molecular flexibility index (Phi) is 64.6. The molecule has 0 bridgehead atoms. The molecule has 1 unspecified atom stereocenters. The van der Waals surface area contributed by atoms with Gasteiger partial charge in [-0.15, -0.1) is 0 Å². The summed E-state index contributed by atoms with van der Waals surface area (Å²) in [5.41, 5.74) is 0. The average molecular weight is 1090 g/mol. The van der Waals surface area contributed by atoms with Crippen molar-refractivity contribution in [3.05, 3.63) is 48.6 Å².